The summed E-state index contributed by atoms with van der Waals surface area (Å²) in [5, 5.41) is 4.17. The molecule has 0 aliphatic heterocycles. The molecule has 27 heavy (non-hydrogen) atoms. The molecule has 0 radical (unpaired) electrons. The SMILES string of the molecule is CC[NH+](CC(=O)Nc1ccc(Cl)c(Cl)c1)Cc1nc2ccccc2c(=O)[nH]1. The summed E-state index contributed by atoms with van der Waals surface area (Å²) in [6.07, 6.45) is 0. The number of carbonyl (C=O) groups excluding carboxylic acids is 1. The first kappa shape index (κ1) is 19.4. The molecule has 0 saturated heterocycles. The average Bonchev–Trinajstić information content (AvgIpc) is 2.64. The summed E-state index contributed by atoms with van der Waals surface area (Å²) in [4.78, 5) is 32.8. The van der Waals surface area contributed by atoms with Gasteiger partial charge in [0, 0.05) is 5.69 Å². The second-order valence-corrected chi connectivity index (χ2v) is 6.98. The fourth-order valence-electron chi connectivity index (χ4n) is 2.77. The maximum Gasteiger partial charge on any atom is 0.279 e. The molecule has 0 aliphatic rings. The van der Waals surface area contributed by atoms with Crippen LogP contribution in [0.15, 0.2) is 47.3 Å². The predicted octanol–water partition coefficient (Wildman–Crippen LogP) is 2.27. The van der Waals surface area contributed by atoms with E-state index in [1.165, 1.54) is 0 Å². The maximum atomic E-state index is 12.3. The molecule has 0 spiro atoms. The number of H-pyrrole nitrogens is 1. The van der Waals surface area contributed by atoms with Gasteiger partial charge in [-0.3, -0.25) is 9.59 Å². The van der Waals surface area contributed by atoms with Crippen molar-refractivity contribution >= 4 is 45.7 Å². The molecule has 8 heteroatoms. The van der Waals surface area contributed by atoms with Crippen LogP contribution in [0.3, 0.4) is 0 Å². The Labute approximate surface area is 166 Å². The zero-order chi connectivity index (χ0) is 19.4. The molecule has 1 aromatic heterocycles. The molecule has 0 bridgehead atoms. The zero-order valence-electron chi connectivity index (χ0n) is 14.7. The topological polar surface area (TPSA) is 79.3 Å². The molecule has 3 N–H and O–H groups in total. The van der Waals surface area contributed by atoms with Crippen molar-refractivity contribution in [1.82, 2.24) is 9.97 Å². The van der Waals surface area contributed by atoms with E-state index >= 15 is 0 Å². The van der Waals surface area contributed by atoms with Gasteiger partial charge in [0.2, 0.25) is 0 Å². The van der Waals surface area contributed by atoms with Gasteiger partial charge >= 0.3 is 0 Å². The molecule has 1 unspecified atom stereocenters. The number of aromatic nitrogens is 2. The largest absolute Gasteiger partial charge is 0.321 e. The second-order valence-electron chi connectivity index (χ2n) is 6.16. The molecule has 1 amide bonds. The highest BCUT2D eigenvalue weighted by molar-refractivity contribution is 6.42. The van der Waals surface area contributed by atoms with Crippen molar-refractivity contribution < 1.29 is 9.69 Å². The number of para-hydroxylation sites is 1. The number of halogens is 2. The molecule has 3 rings (SSSR count). The quantitative estimate of drug-likeness (QED) is 0.588. The van der Waals surface area contributed by atoms with Gasteiger partial charge in [-0.1, -0.05) is 35.3 Å². The molecular formula is C19H19Cl2N4O2+. The molecule has 0 saturated carbocycles. The Morgan fingerprint density at radius 2 is 1.96 bits per heavy atom. The number of rotatable bonds is 6. The van der Waals surface area contributed by atoms with Crippen molar-refractivity contribution in [3.8, 4) is 0 Å². The van der Waals surface area contributed by atoms with Crippen molar-refractivity contribution in [2.24, 2.45) is 0 Å². The minimum atomic E-state index is -0.175. The molecular weight excluding hydrogens is 387 g/mol. The number of aromatic amines is 1. The van der Waals surface area contributed by atoms with Crippen LogP contribution in [-0.2, 0) is 11.3 Å². The van der Waals surface area contributed by atoms with E-state index in [0.717, 1.165) is 4.90 Å². The Morgan fingerprint density at radius 1 is 1.19 bits per heavy atom. The number of amides is 1. The van der Waals surface area contributed by atoms with Crippen LogP contribution < -0.4 is 15.8 Å². The number of carbonyl (C=O) groups is 1. The highest BCUT2D eigenvalue weighted by atomic mass is 35.5. The summed E-state index contributed by atoms with van der Waals surface area (Å²) in [7, 11) is 0. The number of fused-ring (bicyclic) bond motifs is 1. The van der Waals surface area contributed by atoms with Crippen LogP contribution in [0.4, 0.5) is 5.69 Å². The Morgan fingerprint density at radius 3 is 2.70 bits per heavy atom. The first-order valence-electron chi connectivity index (χ1n) is 8.52. The Kier molecular flexibility index (Phi) is 6.11. The zero-order valence-corrected chi connectivity index (χ0v) is 16.2. The number of anilines is 1. The van der Waals surface area contributed by atoms with Gasteiger partial charge in [-0.15, -0.1) is 0 Å². The van der Waals surface area contributed by atoms with Crippen molar-refractivity contribution in [2.75, 3.05) is 18.4 Å². The first-order chi connectivity index (χ1) is 13.0. The van der Waals surface area contributed by atoms with Crippen molar-refractivity contribution in [3.05, 3.63) is 68.7 Å². The maximum absolute atomic E-state index is 12.3. The standard InChI is InChI=1S/C19H18Cl2N4O2/c1-2-25(11-18(26)22-12-7-8-14(20)15(21)9-12)10-17-23-16-6-4-3-5-13(16)19(27)24-17/h3-9H,2,10-11H2,1H3,(H,22,26)(H,23,24,27)/p+1. The summed E-state index contributed by atoms with van der Waals surface area (Å²) in [5.74, 6) is 0.395. The summed E-state index contributed by atoms with van der Waals surface area (Å²) >= 11 is 11.9. The van der Waals surface area contributed by atoms with E-state index in [0.29, 0.717) is 45.5 Å². The van der Waals surface area contributed by atoms with Gasteiger partial charge in [-0.2, -0.15) is 0 Å². The van der Waals surface area contributed by atoms with Crippen molar-refractivity contribution in [3.63, 3.8) is 0 Å². The fraction of sp³-hybridized carbons (Fsp3) is 0.211. The van der Waals surface area contributed by atoms with Gasteiger partial charge in [-0.25, -0.2) is 4.98 Å². The third-order valence-electron chi connectivity index (χ3n) is 4.19. The Balaban J connectivity index is 1.69. The molecule has 0 aliphatic carbocycles. The first-order valence-corrected chi connectivity index (χ1v) is 9.28. The number of likely N-dealkylation sites (N-methyl/N-ethyl adjacent to an activating group) is 1. The van der Waals surface area contributed by atoms with Gasteiger partial charge in [0.05, 0.1) is 27.5 Å². The molecule has 6 nitrogen and oxygen atoms in total. The van der Waals surface area contributed by atoms with E-state index in [4.69, 9.17) is 23.2 Å². The van der Waals surface area contributed by atoms with Gasteiger partial charge in [0.1, 0.15) is 6.54 Å². The van der Waals surface area contributed by atoms with Gasteiger partial charge < -0.3 is 15.2 Å². The lowest BCUT2D eigenvalue weighted by Gasteiger charge is -2.17. The smallest absolute Gasteiger partial charge is 0.279 e. The van der Waals surface area contributed by atoms with Crippen molar-refractivity contribution in [1.29, 1.82) is 0 Å². The van der Waals surface area contributed by atoms with Crippen molar-refractivity contribution in [2.45, 2.75) is 13.5 Å². The normalized spacial score (nSPS) is 12.1. The molecule has 1 heterocycles. The number of benzene rings is 2. The van der Waals surface area contributed by atoms with Gasteiger partial charge in [-0.05, 0) is 37.3 Å². The molecule has 2 aromatic carbocycles. The van der Waals surface area contributed by atoms with Crippen LogP contribution in [-0.4, -0.2) is 29.0 Å². The van der Waals surface area contributed by atoms with Crippen LogP contribution in [0.2, 0.25) is 10.0 Å². The summed E-state index contributed by atoms with van der Waals surface area (Å²) < 4.78 is 0. The number of hydrogen-bond acceptors (Lipinski definition) is 3. The lowest BCUT2D eigenvalue weighted by molar-refractivity contribution is -0.904. The molecule has 140 valence electrons. The van der Waals surface area contributed by atoms with Crippen LogP contribution in [0, 0.1) is 0 Å². The van der Waals surface area contributed by atoms with Crippen LogP contribution in [0.25, 0.3) is 10.9 Å². The van der Waals surface area contributed by atoms with E-state index in [-0.39, 0.29) is 18.0 Å². The predicted molar refractivity (Wildman–Crippen MR) is 108 cm³/mol. The number of nitrogens with one attached hydrogen (secondary N) is 3. The van der Waals surface area contributed by atoms with E-state index in [2.05, 4.69) is 15.3 Å². The minimum absolute atomic E-state index is 0.159. The van der Waals surface area contributed by atoms with Crippen LogP contribution >= 0.6 is 23.2 Å². The van der Waals surface area contributed by atoms with E-state index in [9.17, 15) is 9.59 Å². The number of hydrogen-bond donors (Lipinski definition) is 3. The van der Waals surface area contributed by atoms with Crippen LogP contribution in [0.5, 0.6) is 0 Å². The minimum Gasteiger partial charge on any atom is -0.321 e. The van der Waals surface area contributed by atoms with Crippen LogP contribution in [0.1, 0.15) is 12.7 Å². The second kappa shape index (κ2) is 8.52. The monoisotopic (exact) mass is 405 g/mol. The summed E-state index contributed by atoms with van der Waals surface area (Å²) in [6.45, 7) is 3.34. The van der Waals surface area contributed by atoms with Gasteiger partial charge in [0.25, 0.3) is 11.5 Å². The fourth-order valence-corrected chi connectivity index (χ4v) is 3.07. The highest BCUT2D eigenvalue weighted by Crippen LogP contribution is 2.24. The highest BCUT2D eigenvalue weighted by Gasteiger charge is 2.16. The molecule has 1 atom stereocenters. The number of quaternary nitrogens is 1. The van der Waals surface area contributed by atoms with E-state index < -0.39 is 0 Å². The third-order valence-corrected chi connectivity index (χ3v) is 4.93. The summed E-state index contributed by atoms with van der Waals surface area (Å²) in [5.41, 5.74) is 1.06. The lowest BCUT2D eigenvalue weighted by Crippen LogP contribution is -3.11. The Hall–Kier alpha value is -2.41. The third kappa shape index (κ3) is 4.86. The van der Waals surface area contributed by atoms with E-state index in [1.54, 1.807) is 36.4 Å². The molecule has 0 fully saturated rings. The number of nitrogens with zero attached hydrogens (tertiary/aromatic N) is 1. The molecule has 3 aromatic rings. The summed E-state index contributed by atoms with van der Waals surface area (Å²) in [6, 6.07) is 12.1. The van der Waals surface area contributed by atoms with Gasteiger partial charge in [0.15, 0.2) is 12.4 Å². The average molecular weight is 406 g/mol. The Bertz CT molecular complexity index is 1040. The van der Waals surface area contributed by atoms with E-state index in [1.807, 2.05) is 13.0 Å². The lowest BCUT2D eigenvalue weighted by atomic mass is 10.2.